The van der Waals surface area contributed by atoms with Crippen LogP contribution in [0, 0.1) is 0 Å². The molecule has 0 atom stereocenters. The summed E-state index contributed by atoms with van der Waals surface area (Å²) in [6.45, 7) is 14.6. The molecule has 0 aromatic carbocycles. The van der Waals surface area contributed by atoms with Crippen molar-refractivity contribution < 1.29 is 4.43 Å². The number of thiazole rings is 1. The van der Waals surface area contributed by atoms with Gasteiger partial charge in [-0.05, 0) is 16.6 Å². The molecule has 0 bridgehead atoms. The zero-order valence-corrected chi connectivity index (χ0v) is 13.7. The maximum Gasteiger partial charge on any atom is 0.200 e. The maximum atomic E-state index is 6.45. The predicted octanol–water partition coefficient (Wildman–Crippen LogP) is 4.84. The molecule has 0 spiro atoms. The van der Waals surface area contributed by atoms with Gasteiger partial charge in [0, 0.05) is 11.6 Å². The van der Waals surface area contributed by atoms with Gasteiger partial charge in [0.05, 0.1) is 6.61 Å². The highest BCUT2D eigenvalue weighted by Crippen LogP contribution is 2.42. The molecular weight excluding hydrogens is 246 g/mol. The average molecular weight is 272 g/mol. The van der Waals surface area contributed by atoms with Crippen LogP contribution in [0.4, 0.5) is 0 Å². The van der Waals surface area contributed by atoms with E-state index < -0.39 is 8.32 Å². The van der Waals surface area contributed by atoms with Crippen molar-refractivity contribution in [3.63, 3.8) is 0 Å². The summed E-state index contributed by atoms with van der Waals surface area (Å²) in [7, 11) is -1.72. The van der Waals surface area contributed by atoms with Gasteiger partial charge in [0.15, 0.2) is 0 Å². The van der Waals surface area contributed by atoms with Gasteiger partial charge in [0.25, 0.3) is 0 Å². The van der Waals surface area contributed by atoms with E-state index in [2.05, 4.69) is 46.5 Å². The van der Waals surface area contributed by atoms with Gasteiger partial charge in [-0.1, -0.05) is 41.5 Å². The Morgan fingerprint density at radius 1 is 1.12 bits per heavy atom. The normalized spacial score (nSPS) is 13.0. The lowest BCUT2D eigenvalue weighted by Gasteiger charge is -2.41. The van der Waals surface area contributed by atoms with Gasteiger partial charge in [-0.15, -0.1) is 11.3 Å². The van der Waals surface area contributed by atoms with Crippen molar-refractivity contribution in [3.05, 3.63) is 16.6 Å². The summed E-state index contributed by atoms with van der Waals surface area (Å²) >= 11 is 1.68. The number of hydrogen-bond donors (Lipinski definition) is 0. The number of aromatic nitrogens is 1. The van der Waals surface area contributed by atoms with E-state index in [-0.39, 0.29) is 0 Å². The summed E-state index contributed by atoms with van der Waals surface area (Å²) in [5.74, 6) is 0. The lowest BCUT2D eigenvalue weighted by Crippen LogP contribution is -2.47. The molecule has 0 N–H and O–H groups in total. The standard InChI is InChI=1S/C13H25NOSSi/c1-10(2)17(11(3)4,12(5)6)15-9-13-14-7-8-16-13/h7-8,10-12H,9H2,1-6H3. The Hall–Kier alpha value is -0.193. The second-order valence-electron chi connectivity index (χ2n) is 5.53. The Morgan fingerprint density at radius 2 is 1.65 bits per heavy atom. The molecule has 0 fully saturated rings. The Morgan fingerprint density at radius 3 is 2.00 bits per heavy atom. The highest BCUT2D eigenvalue weighted by Gasteiger charge is 2.45. The largest absolute Gasteiger partial charge is 0.409 e. The van der Waals surface area contributed by atoms with Crippen LogP contribution in [0.25, 0.3) is 0 Å². The van der Waals surface area contributed by atoms with E-state index in [1.807, 2.05) is 11.6 Å². The van der Waals surface area contributed by atoms with E-state index in [0.717, 1.165) is 5.01 Å². The summed E-state index contributed by atoms with van der Waals surface area (Å²) in [6, 6.07) is 0. The molecule has 1 aromatic rings. The number of rotatable bonds is 6. The molecule has 0 saturated carbocycles. The van der Waals surface area contributed by atoms with Crippen LogP contribution in [-0.4, -0.2) is 13.3 Å². The van der Waals surface area contributed by atoms with E-state index in [9.17, 15) is 0 Å². The number of hydrogen-bond acceptors (Lipinski definition) is 3. The van der Waals surface area contributed by atoms with Gasteiger partial charge < -0.3 is 4.43 Å². The molecule has 98 valence electrons. The number of nitrogens with zero attached hydrogens (tertiary/aromatic N) is 1. The first-order valence-corrected chi connectivity index (χ1v) is 9.45. The van der Waals surface area contributed by atoms with Gasteiger partial charge >= 0.3 is 0 Å². The maximum absolute atomic E-state index is 6.45. The molecule has 0 aliphatic heterocycles. The van der Waals surface area contributed by atoms with Crippen molar-refractivity contribution in [1.82, 2.24) is 4.98 Å². The fourth-order valence-electron chi connectivity index (χ4n) is 3.01. The minimum absolute atomic E-state index is 0.641. The Bertz CT molecular complexity index is 300. The predicted molar refractivity (Wildman–Crippen MR) is 78.0 cm³/mol. The van der Waals surface area contributed by atoms with Crippen molar-refractivity contribution in [2.75, 3.05) is 0 Å². The molecule has 0 aliphatic rings. The molecule has 0 saturated heterocycles. The van der Waals surface area contributed by atoms with Crippen LogP contribution in [0.2, 0.25) is 16.6 Å². The lowest BCUT2D eigenvalue weighted by atomic mass is 10.5. The zero-order chi connectivity index (χ0) is 13.1. The van der Waals surface area contributed by atoms with E-state index in [0.29, 0.717) is 23.2 Å². The summed E-state index contributed by atoms with van der Waals surface area (Å²) in [5.41, 5.74) is 1.92. The van der Waals surface area contributed by atoms with Crippen LogP contribution in [0.15, 0.2) is 11.6 Å². The van der Waals surface area contributed by atoms with Crippen LogP contribution >= 0.6 is 11.3 Å². The van der Waals surface area contributed by atoms with Crippen molar-refractivity contribution in [2.45, 2.75) is 64.8 Å². The van der Waals surface area contributed by atoms with Crippen LogP contribution in [-0.2, 0) is 11.0 Å². The highest BCUT2D eigenvalue weighted by molar-refractivity contribution is 7.09. The fraction of sp³-hybridized carbons (Fsp3) is 0.769. The summed E-state index contributed by atoms with van der Waals surface area (Å²) in [5, 5.41) is 3.12. The first kappa shape index (κ1) is 14.9. The van der Waals surface area contributed by atoms with Crippen LogP contribution < -0.4 is 0 Å². The third-order valence-corrected chi connectivity index (χ3v) is 10.4. The summed E-state index contributed by atoms with van der Waals surface area (Å²) in [6.07, 6.45) is 1.85. The molecule has 0 aliphatic carbocycles. The molecule has 17 heavy (non-hydrogen) atoms. The van der Waals surface area contributed by atoms with E-state index >= 15 is 0 Å². The Labute approximate surface area is 111 Å². The van der Waals surface area contributed by atoms with Crippen LogP contribution in [0.5, 0.6) is 0 Å². The Balaban J connectivity index is 2.83. The highest BCUT2D eigenvalue weighted by atomic mass is 32.1. The van der Waals surface area contributed by atoms with Gasteiger partial charge in [-0.3, -0.25) is 0 Å². The van der Waals surface area contributed by atoms with Gasteiger partial charge in [-0.25, -0.2) is 4.98 Å². The van der Waals surface area contributed by atoms with Gasteiger partial charge in [0.2, 0.25) is 8.32 Å². The molecule has 0 radical (unpaired) electrons. The third-order valence-electron chi connectivity index (χ3n) is 3.64. The van der Waals surface area contributed by atoms with Gasteiger partial charge in [-0.2, -0.15) is 0 Å². The summed E-state index contributed by atoms with van der Waals surface area (Å²) in [4.78, 5) is 4.31. The molecule has 4 heteroatoms. The second-order valence-corrected chi connectivity index (χ2v) is 12.0. The molecule has 1 rings (SSSR count). The van der Waals surface area contributed by atoms with Crippen molar-refractivity contribution in [3.8, 4) is 0 Å². The quantitative estimate of drug-likeness (QED) is 0.691. The first-order valence-electron chi connectivity index (χ1n) is 6.43. The minimum Gasteiger partial charge on any atom is -0.409 e. The van der Waals surface area contributed by atoms with Crippen molar-refractivity contribution in [2.24, 2.45) is 0 Å². The lowest BCUT2D eigenvalue weighted by molar-refractivity contribution is 0.265. The molecule has 1 heterocycles. The van der Waals surface area contributed by atoms with Crippen molar-refractivity contribution in [1.29, 1.82) is 0 Å². The Kier molecular flexibility index (Phi) is 5.35. The zero-order valence-electron chi connectivity index (χ0n) is 11.9. The average Bonchev–Trinajstić information content (AvgIpc) is 2.69. The fourth-order valence-corrected chi connectivity index (χ4v) is 9.03. The molecule has 2 nitrogen and oxygen atoms in total. The molecule has 1 aromatic heterocycles. The second kappa shape index (κ2) is 6.11. The first-order chi connectivity index (χ1) is 7.91. The molecule has 0 unspecified atom stereocenters. The summed E-state index contributed by atoms with van der Waals surface area (Å²) < 4.78 is 6.45. The smallest absolute Gasteiger partial charge is 0.200 e. The third kappa shape index (κ3) is 3.17. The van der Waals surface area contributed by atoms with Crippen LogP contribution in [0.1, 0.15) is 46.6 Å². The minimum atomic E-state index is -1.72. The van der Waals surface area contributed by atoms with E-state index in [1.54, 1.807) is 11.3 Å². The monoisotopic (exact) mass is 271 g/mol. The molecule has 0 amide bonds. The van der Waals surface area contributed by atoms with E-state index in [1.165, 1.54) is 0 Å². The van der Waals surface area contributed by atoms with E-state index in [4.69, 9.17) is 4.43 Å². The van der Waals surface area contributed by atoms with Gasteiger partial charge in [0.1, 0.15) is 5.01 Å². The topological polar surface area (TPSA) is 22.1 Å². The molecular formula is C13H25NOSSi. The van der Waals surface area contributed by atoms with Crippen molar-refractivity contribution >= 4 is 19.7 Å². The SMILES string of the molecule is CC(C)[Si](OCc1nccs1)(C(C)C)C(C)C. The van der Waals surface area contributed by atoms with Crippen LogP contribution in [0.3, 0.4) is 0 Å².